The molecule has 0 fully saturated rings. The Balaban J connectivity index is 0.000000161. The van der Waals surface area contributed by atoms with E-state index in [2.05, 4.69) is 24.7 Å². The van der Waals surface area contributed by atoms with Gasteiger partial charge in [-0.2, -0.15) is 0 Å². The molecule has 4 aromatic heterocycles. The van der Waals surface area contributed by atoms with Gasteiger partial charge in [0.05, 0.1) is 28.2 Å². The maximum atomic E-state index is 10.5. The molecule has 6 aromatic rings. The Morgan fingerprint density at radius 2 is 1.11 bits per heavy atom. The maximum Gasteiger partial charge on any atom is 1.00 e. The van der Waals surface area contributed by atoms with E-state index < -0.39 is 36.3 Å². The van der Waals surface area contributed by atoms with Crippen LogP contribution >= 0.6 is 0 Å². The first kappa shape index (κ1) is 34.8. The Morgan fingerprint density at radius 1 is 0.723 bits per heavy atom. The van der Waals surface area contributed by atoms with Crippen molar-refractivity contribution < 1.29 is 47.0 Å². The van der Waals surface area contributed by atoms with Crippen LogP contribution in [0.5, 0.6) is 0 Å². The first-order valence-corrected chi connectivity index (χ1v) is 14.3. The number of nitrogens with zero attached hydrogens (tertiary/aromatic N) is 4. The van der Waals surface area contributed by atoms with Crippen LogP contribution < -0.4 is 16.6 Å². The van der Waals surface area contributed by atoms with Gasteiger partial charge in [0.2, 0.25) is 5.76 Å². The molecule has 1 aliphatic heterocycles. The third-order valence-corrected chi connectivity index (χ3v) is 7.35. The summed E-state index contributed by atoms with van der Waals surface area (Å²) in [4.78, 5) is 28.8. The van der Waals surface area contributed by atoms with Crippen LogP contribution in [0.4, 0.5) is 11.4 Å². The SMILES string of the molecule is Cc1ccc2cc(N)c3ccc(C)nc3c2n1.Cc1ccc2cc(N)c3ccc(C)nc3c2n1.O=C1OC(C(O)C[O-])C(O)=C1O.[Cu+]. The van der Waals surface area contributed by atoms with E-state index in [9.17, 15) is 9.90 Å². The molecule has 0 radical (unpaired) electrons. The number of esters is 1. The van der Waals surface area contributed by atoms with E-state index in [-0.39, 0.29) is 17.1 Å². The summed E-state index contributed by atoms with van der Waals surface area (Å²) in [6.07, 6.45) is -2.95. The van der Waals surface area contributed by atoms with Crippen LogP contribution in [0.1, 0.15) is 22.8 Å². The molecule has 12 nitrogen and oxygen atoms in total. The number of nitrogen functional groups attached to an aromatic ring is 2. The van der Waals surface area contributed by atoms with E-state index >= 15 is 0 Å². The summed E-state index contributed by atoms with van der Waals surface area (Å²) in [5.74, 6) is -2.87. The molecule has 0 amide bonds. The third-order valence-electron chi connectivity index (χ3n) is 7.35. The first-order valence-electron chi connectivity index (χ1n) is 14.3. The average Bonchev–Trinajstić information content (AvgIpc) is 3.29. The molecule has 7 rings (SSSR count). The Hall–Kier alpha value is -5.07. The zero-order valence-electron chi connectivity index (χ0n) is 25.9. The standard InChI is InChI=1S/2C14H13N3.C6H7O6.Cu/c2*1-8-3-5-10-7-12(15)11-6-4-9(2)17-14(11)13(10)16-8;7-1-2(8)5-3(9)4(10)6(11)12-5;/h2*3-7H,15H2,1-2H3;2,5,8-10H,1H2;/q;;-1;+1. The number of ether oxygens (including phenoxy) is 1. The summed E-state index contributed by atoms with van der Waals surface area (Å²) in [5.41, 5.74) is 21.2. The number of carbonyl (C=O) groups excluding carboxylic acids is 1. The predicted molar refractivity (Wildman–Crippen MR) is 175 cm³/mol. The molecular weight excluding hydrogens is 652 g/mol. The molecule has 246 valence electrons. The number of hydrogen-bond acceptors (Lipinski definition) is 12. The normalized spacial score (nSPS) is 14.7. The van der Waals surface area contributed by atoms with Gasteiger partial charge in [-0.3, -0.25) is 19.9 Å². The topological polar surface area (TPSA) is 214 Å². The van der Waals surface area contributed by atoms with Crippen molar-refractivity contribution in [3.63, 3.8) is 0 Å². The van der Waals surface area contributed by atoms with Gasteiger partial charge >= 0.3 is 23.0 Å². The van der Waals surface area contributed by atoms with E-state index in [1.165, 1.54) is 0 Å². The van der Waals surface area contributed by atoms with Gasteiger partial charge in [-0.15, -0.1) is 6.61 Å². The summed E-state index contributed by atoms with van der Waals surface area (Å²) in [6, 6.07) is 19.9. The maximum absolute atomic E-state index is 10.5. The Kier molecular flexibility index (Phi) is 10.5. The Bertz CT molecular complexity index is 2040. The summed E-state index contributed by atoms with van der Waals surface area (Å²) in [7, 11) is 0. The largest absolute Gasteiger partial charge is 1.00 e. The van der Waals surface area contributed by atoms with Crippen molar-refractivity contribution in [3.05, 3.63) is 95.0 Å². The molecule has 0 saturated heterocycles. The number of hydrogen-bond donors (Lipinski definition) is 5. The van der Waals surface area contributed by atoms with Crippen molar-refractivity contribution in [3.8, 4) is 0 Å². The molecule has 5 heterocycles. The van der Waals surface area contributed by atoms with Gasteiger partial charge in [-0.05, 0) is 76.2 Å². The second-order valence-electron chi connectivity index (χ2n) is 11.0. The Morgan fingerprint density at radius 3 is 1.47 bits per heavy atom. The van der Waals surface area contributed by atoms with Gasteiger partial charge in [0.15, 0.2) is 11.9 Å². The third kappa shape index (κ3) is 7.18. The van der Waals surface area contributed by atoms with E-state index in [1.807, 2.05) is 88.4 Å². The molecule has 1 aliphatic rings. The zero-order valence-corrected chi connectivity index (χ0v) is 26.9. The summed E-state index contributed by atoms with van der Waals surface area (Å²) in [6.45, 7) is 7.00. The van der Waals surface area contributed by atoms with E-state index in [4.69, 9.17) is 26.8 Å². The minimum Gasteiger partial charge on any atom is -0.853 e. The molecule has 2 unspecified atom stereocenters. The van der Waals surface area contributed by atoms with Crippen LogP contribution in [-0.4, -0.2) is 60.0 Å². The van der Waals surface area contributed by atoms with Gasteiger partial charge in [0.1, 0.15) is 0 Å². The minimum atomic E-state index is -1.53. The monoisotopic (exact) mass is 684 g/mol. The number of aliphatic hydroxyl groups is 3. The van der Waals surface area contributed by atoms with Gasteiger partial charge in [-0.1, -0.05) is 12.1 Å². The van der Waals surface area contributed by atoms with Crippen molar-refractivity contribution in [2.24, 2.45) is 0 Å². The number of aliphatic hydroxyl groups excluding tert-OH is 3. The summed E-state index contributed by atoms with van der Waals surface area (Å²) >= 11 is 0. The second-order valence-corrected chi connectivity index (χ2v) is 11.0. The molecule has 7 N–H and O–H groups in total. The molecule has 0 spiro atoms. The number of carbonyl (C=O) groups is 1. The minimum absolute atomic E-state index is 0. The zero-order chi connectivity index (χ0) is 33.3. The number of anilines is 2. The number of benzene rings is 2. The van der Waals surface area contributed by atoms with Crippen LogP contribution in [0, 0.1) is 27.7 Å². The number of aromatic nitrogens is 4. The molecular formula is C34H33CuN6O6. The van der Waals surface area contributed by atoms with Crippen LogP contribution in [0.3, 0.4) is 0 Å². The fourth-order valence-electron chi connectivity index (χ4n) is 4.99. The van der Waals surface area contributed by atoms with Crippen LogP contribution in [-0.2, 0) is 26.6 Å². The fourth-order valence-corrected chi connectivity index (χ4v) is 4.99. The van der Waals surface area contributed by atoms with E-state index in [0.717, 1.165) is 77.8 Å². The van der Waals surface area contributed by atoms with Crippen LogP contribution in [0.25, 0.3) is 43.6 Å². The van der Waals surface area contributed by atoms with Crippen molar-refractivity contribution in [2.45, 2.75) is 39.9 Å². The van der Waals surface area contributed by atoms with E-state index in [0.29, 0.717) is 0 Å². The van der Waals surface area contributed by atoms with E-state index in [1.54, 1.807) is 0 Å². The molecule has 0 bridgehead atoms. The van der Waals surface area contributed by atoms with Crippen molar-refractivity contribution >= 4 is 61.0 Å². The average molecular weight is 685 g/mol. The molecule has 0 aliphatic carbocycles. The summed E-state index contributed by atoms with van der Waals surface area (Å²) < 4.78 is 4.28. The number of fused-ring (bicyclic) bond motifs is 6. The predicted octanol–water partition coefficient (Wildman–Crippen LogP) is 3.92. The van der Waals surface area contributed by atoms with Gasteiger partial charge in [-0.25, -0.2) is 4.79 Å². The number of nitrogens with two attached hydrogens (primary N) is 2. The summed E-state index contributed by atoms with van der Waals surface area (Å²) in [5, 5.41) is 40.7. The molecule has 13 heteroatoms. The quantitative estimate of drug-likeness (QED) is 0.0760. The molecule has 47 heavy (non-hydrogen) atoms. The number of cyclic esters (lactones) is 1. The van der Waals surface area contributed by atoms with Crippen molar-refractivity contribution in [2.75, 3.05) is 18.1 Å². The molecule has 2 atom stereocenters. The molecule has 2 aromatic carbocycles. The first-order chi connectivity index (χ1) is 21.9. The van der Waals surface area contributed by atoms with Gasteiger partial charge in [0.25, 0.3) is 0 Å². The number of aryl methyl sites for hydroxylation is 4. The van der Waals surface area contributed by atoms with Gasteiger partial charge < -0.3 is 36.6 Å². The number of rotatable bonds is 2. The van der Waals surface area contributed by atoms with Crippen LogP contribution in [0.2, 0.25) is 0 Å². The van der Waals surface area contributed by atoms with Crippen LogP contribution in [0.15, 0.2) is 72.2 Å². The van der Waals surface area contributed by atoms with Crippen molar-refractivity contribution in [1.82, 2.24) is 19.9 Å². The molecule has 0 saturated carbocycles. The smallest absolute Gasteiger partial charge is 0.853 e. The van der Waals surface area contributed by atoms with Gasteiger partial charge in [0, 0.05) is 55.7 Å². The Labute approximate surface area is 280 Å². The number of pyridine rings is 4. The van der Waals surface area contributed by atoms with Crippen molar-refractivity contribution in [1.29, 1.82) is 0 Å². The fraction of sp³-hybridized carbons (Fsp3) is 0.206. The second kappa shape index (κ2) is 14.1.